The van der Waals surface area contributed by atoms with Gasteiger partial charge in [0.25, 0.3) is 0 Å². The molecule has 5 nitrogen and oxygen atoms in total. The zero-order chi connectivity index (χ0) is 17.8. The van der Waals surface area contributed by atoms with E-state index >= 15 is 0 Å². The molecular formula is C21H20N4O. The number of nitrogens with zero attached hydrogens (tertiary/aromatic N) is 3. The van der Waals surface area contributed by atoms with Crippen LogP contribution in [0.3, 0.4) is 0 Å². The van der Waals surface area contributed by atoms with E-state index in [1.165, 1.54) is 0 Å². The van der Waals surface area contributed by atoms with Crippen LogP contribution in [0.25, 0.3) is 17.1 Å². The number of hydrogen-bond acceptors (Lipinski definition) is 4. The Morgan fingerprint density at radius 2 is 1.85 bits per heavy atom. The first-order valence-corrected chi connectivity index (χ1v) is 8.78. The van der Waals surface area contributed by atoms with Gasteiger partial charge in [-0.15, -0.1) is 0 Å². The lowest BCUT2D eigenvalue weighted by Gasteiger charge is -2.16. The maximum atomic E-state index is 12.4. The van der Waals surface area contributed by atoms with Crippen LogP contribution in [-0.4, -0.2) is 39.9 Å². The second-order valence-corrected chi connectivity index (χ2v) is 6.40. The van der Waals surface area contributed by atoms with Crippen molar-refractivity contribution in [2.45, 2.75) is 12.5 Å². The molecular weight excluding hydrogens is 324 g/mol. The van der Waals surface area contributed by atoms with Crippen LogP contribution in [0.15, 0.2) is 66.9 Å². The van der Waals surface area contributed by atoms with Gasteiger partial charge in [0, 0.05) is 30.9 Å². The molecule has 0 saturated carbocycles. The molecule has 3 aromatic rings. The number of likely N-dealkylation sites (tertiary alicyclic amines) is 1. The molecule has 0 radical (unpaired) electrons. The minimum atomic E-state index is 0.0114. The molecule has 5 heteroatoms. The molecule has 1 saturated heterocycles. The predicted molar refractivity (Wildman–Crippen MR) is 104 cm³/mol. The number of para-hydroxylation sites is 3. The number of anilines is 1. The fourth-order valence-electron chi connectivity index (χ4n) is 3.16. The summed E-state index contributed by atoms with van der Waals surface area (Å²) in [7, 11) is 0. The predicted octanol–water partition coefficient (Wildman–Crippen LogP) is 3.36. The van der Waals surface area contributed by atoms with Crippen molar-refractivity contribution in [1.82, 2.24) is 14.9 Å². The van der Waals surface area contributed by atoms with Crippen molar-refractivity contribution in [2.75, 3.05) is 18.4 Å². The topological polar surface area (TPSA) is 58.1 Å². The van der Waals surface area contributed by atoms with Gasteiger partial charge in [-0.3, -0.25) is 9.78 Å². The molecule has 4 rings (SSSR count). The monoisotopic (exact) mass is 344 g/mol. The summed E-state index contributed by atoms with van der Waals surface area (Å²) in [5, 5.41) is 3.48. The largest absolute Gasteiger partial charge is 0.380 e. The Bertz CT molecular complexity index is 939. The Morgan fingerprint density at radius 3 is 2.69 bits per heavy atom. The van der Waals surface area contributed by atoms with E-state index in [1.54, 1.807) is 18.3 Å². The van der Waals surface area contributed by atoms with Crippen LogP contribution in [0.5, 0.6) is 0 Å². The van der Waals surface area contributed by atoms with Gasteiger partial charge in [-0.25, -0.2) is 4.98 Å². The summed E-state index contributed by atoms with van der Waals surface area (Å²) in [5.74, 6) is 0.0114. The zero-order valence-corrected chi connectivity index (χ0v) is 14.4. The van der Waals surface area contributed by atoms with Crippen LogP contribution >= 0.6 is 0 Å². The molecule has 2 heterocycles. The van der Waals surface area contributed by atoms with Gasteiger partial charge in [-0.1, -0.05) is 30.3 Å². The Labute approximate surface area is 152 Å². The van der Waals surface area contributed by atoms with E-state index in [1.807, 2.05) is 59.5 Å². The maximum Gasteiger partial charge on any atom is 0.246 e. The Morgan fingerprint density at radius 1 is 1.08 bits per heavy atom. The second kappa shape index (κ2) is 7.35. The normalized spacial score (nSPS) is 17.1. The van der Waals surface area contributed by atoms with Crippen molar-refractivity contribution >= 4 is 28.7 Å². The fraction of sp³-hybridized carbons (Fsp3) is 0.190. The van der Waals surface area contributed by atoms with Gasteiger partial charge >= 0.3 is 0 Å². The van der Waals surface area contributed by atoms with E-state index < -0.39 is 0 Å². The summed E-state index contributed by atoms with van der Waals surface area (Å²) >= 11 is 0. The van der Waals surface area contributed by atoms with Crippen LogP contribution in [0.2, 0.25) is 0 Å². The highest BCUT2D eigenvalue weighted by Gasteiger charge is 2.24. The minimum absolute atomic E-state index is 0.0114. The maximum absolute atomic E-state index is 12.4. The third-order valence-corrected chi connectivity index (χ3v) is 4.51. The lowest BCUT2D eigenvalue weighted by Crippen LogP contribution is -2.30. The van der Waals surface area contributed by atoms with Crippen molar-refractivity contribution in [2.24, 2.45) is 0 Å². The molecule has 0 aliphatic carbocycles. The van der Waals surface area contributed by atoms with Crippen LogP contribution in [0.4, 0.5) is 5.69 Å². The number of carbonyl (C=O) groups is 1. The van der Waals surface area contributed by atoms with Crippen molar-refractivity contribution in [3.8, 4) is 0 Å². The van der Waals surface area contributed by atoms with Gasteiger partial charge in [0.1, 0.15) is 0 Å². The van der Waals surface area contributed by atoms with E-state index in [0.29, 0.717) is 12.2 Å². The van der Waals surface area contributed by atoms with Gasteiger partial charge in [0.05, 0.1) is 22.9 Å². The van der Waals surface area contributed by atoms with Gasteiger partial charge in [-0.05, 0) is 36.8 Å². The number of rotatable bonds is 4. The summed E-state index contributed by atoms with van der Waals surface area (Å²) < 4.78 is 0. The zero-order valence-electron chi connectivity index (χ0n) is 14.4. The highest BCUT2D eigenvalue weighted by atomic mass is 16.2. The molecule has 1 aromatic heterocycles. The summed E-state index contributed by atoms with van der Waals surface area (Å²) in [4.78, 5) is 23.2. The van der Waals surface area contributed by atoms with E-state index in [9.17, 15) is 4.79 Å². The highest BCUT2D eigenvalue weighted by molar-refractivity contribution is 5.92. The molecule has 0 spiro atoms. The van der Waals surface area contributed by atoms with Crippen LogP contribution < -0.4 is 5.32 Å². The average molecular weight is 344 g/mol. The Kier molecular flexibility index (Phi) is 4.60. The Hall–Kier alpha value is -3.21. The fourth-order valence-corrected chi connectivity index (χ4v) is 3.16. The summed E-state index contributed by atoms with van der Waals surface area (Å²) in [6.45, 7) is 1.47. The molecule has 26 heavy (non-hydrogen) atoms. The van der Waals surface area contributed by atoms with Crippen LogP contribution in [-0.2, 0) is 4.79 Å². The van der Waals surface area contributed by atoms with E-state index in [0.717, 1.165) is 29.7 Å². The van der Waals surface area contributed by atoms with E-state index in [4.69, 9.17) is 0 Å². The third kappa shape index (κ3) is 3.72. The average Bonchev–Trinajstić information content (AvgIpc) is 3.15. The molecule has 1 aliphatic rings. The molecule has 1 amide bonds. The molecule has 1 aliphatic heterocycles. The first-order valence-electron chi connectivity index (χ1n) is 8.78. The summed E-state index contributed by atoms with van der Waals surface area (Å²) in [6, 6.07) is 18.1. The second-order valence-electron chi connectivity index (χ2n) is 6.40. The van der Waals surface area contributed by atoms with E-state index in [-0.39, 0.29) is 11.9 Å². The molecule has 130 valence electrons. The molecule has 1 fully saturated rings. The molecule has 1 atom stereocenters. The lowest BCUT2D eigenvalue weighted by atomic mass is 10.2. The number of benzene rings is 2. The summed E-state index contributed by atoms with van der Waals surface area (Å²) in [6.07, 6.45) is 5.96. The van der Waals surface area contributed by atoms with Crippen molar-refractivity contribution < 1.29 is 4.79 Å². The number of amides is 1. The number of carbonyl (C=O) groups excluding carboxylic acids is 1. The Balaban J connectivity index is 1.37. The smallest absolute Gasteiger partial charge is 0.246 e. The quantitative estimate of drug-likeness (QED) is 0.738. The van der Waals surface area contributed by atoms with Gasteiger partial charge < -0.3 is 10.2 Å². The SMILES string of the molecule is O=C(C=Cc1cnc2ccccc2n1)N1CCC(Nc2ccccc2)C1. The molecule has 1 N–H and O–H groups in total. The molecule has 2 aromatic carbocycles. The number of hydrogen-bond donors (Lipinski definition) is 1. The number of nitrogens with one attached hydrogen (secondary N) is 1. The van der Waals surface area contributed by atoms with Crippen LogP contribution in [0.1, 0.15) is 12.1 Å². The first kappa shape index (κ1) is 16.3. The minimum Gasteiger partial charge on any atom is -0.380 e. The van der Waals surface area contributed by atoms with Crippen LogP contribution in [0, 0.1) is 0 Å². The van der Waals surface area contributed by atoms with Gasteiger partial charge in [0.15, 0.2) is 0 Å². The van der Waals surface area contributed by atoms with Crippen molar-refractivity contribution in [3.05, 3.63) is 72.6 Å². The van der Waals surface area contributed by atoms with Gasteiger partial charge in [-0.2, -0.15) is 0 Å². The first-order chi connectivity index (χ1) is 12.8. The van der Waals surface area contributed by atoms with Crippen molar-refractivity contribution in [3.63, 3.8) is 0 Å². The van der Waals surface area contributed by atoms with E-state index in [2.05, 4.69) is 15.3 Å². The molecule has 0 bridgehead atoms. The lowest BCUT2D eigenvalue weighted by molar-refractivity contribution is -0.124. The highest BCUT2D eigenvalue weighted by Crippen LogP contribution is 2.16. The number of fused-ring (bicyclic) bond motifs is 1. The molecule has 1 unspecified atom stereocenters. The van der Waals surface area contributed by atoms with Crippen molar-refractivity contribution in [1.29, 1.82) is 0 Å². The number of aromatic nitrogens is 2. The third-order valence-electron chi connectivity index (χ3n) is 4.51. The van der Waals surface area contributed by atoms with Gasteiger partial charge in [0.2, 0.25) is 5.91 Å². The summed E-state index contributed by atoms with van der Waals surface area (Å²) in [5.41, 5.74) is 3.46. The standard InChI is InChI=1S/C21H20N4O/c26-21(11-10-17-14-22-19-8-4-5-9-20(19)24-17)25-13-12-18(15-25)23-16-6-2-1-3-7-16/h1-11,14,18,23H,12-13,15H2.